The van der Waals surface area contributed by atoms with Crippen molar-refractivity contribution in [2.45, 2.75) is 38.6 Å². The highest BCUT2D eigenvalue weighted by molar-refractivity contribution is 5.90. The van der Waals surface area contributed by atoms with Gasteiger partial charge in [-0.05, 0) is 32.0 Å². The molecule has 1 aliphatic heterocycles. The second-order valence-corrected chi connectivity index (χ2v) is 7.95. The molecule has 5 rings (SSSR count). The third kappa shape index (κ3) is 3.68. The van der Waals surface area contributed by atoms with Crippen molar-refractivity contribution in [2.75, 3.05) is 6.54 Å². The molecule has 1 atom stereocenters. The molecule has 10 nitrogen and oxygen atoms in total. The number of fused-ring (bicyclic) bond motifs is 2. The topological polar surface area (TPSA) is 114 Å². The summed E-state index contributed by atoms with van der Waals surface area (Å²) < 4.78 is 51.1. The predicted molar refractivity (Wildman–Crippen MR) is 105 cm³/mol. The second-order valence-electron chi connectivity index (χ2n) is 7.95. The largest absolute Gasteiger partial charge is 0.433 e. The number of halogens is 3. The molecule has 4 aromatic heterocycles. The monoisotopic (exact) mass is 461 g/mol. The Labute approximate surface area is 184 Å². The van der Waals surface area contributed by atoms with Crippen LogP contribution in [-0.4, -0.2) is 53.7 Å². The van der Waals surface area contributed by atoms with Gasteiger partial charge < -0.3 is 19.0 Å². The molecule has 0 spiro atoms. The van der Waals surface area contributed by atoms with Crippen LogP contribution < -0.4 is 4.74 Å². The van der Waals surface area contributed by atoms with E-state index in [0.717, 1.165) is 5.69 Å². The van der Waals surface area contributed by atoms with Gasteiger partial charge in [0.1, 0.15) is 11.6 Å². The smallest absolute Gasteiger partial charge is 0.387 e. The minimum Gasteiger partial charge on any atom is -0.433 e. The lowest BCUT2D eigenvalue weighted by atomic mass is 9.99. The number of H-pyrrole nitrogens is 1. The van der Waals surface area contributed by atoms with Gasteiger partial charge in [-0.15, -0.1) is 10.2 Å². The van der Waals surface area contributed by atoms with Gasteiger partial charge in [-0.3, -0.25) is 4.79 Å². The van der Waals surface area contributed by atoms with E-state index in [1.807, 2.05) is 0 Å². The fraction of sp³-hybridized carbons (Fsp3) is 0.350. The second kappa shape index (κ2) is 7.60. The summed E-state index contributed by atoms with van der Waals surface area (Å²) in [5.74, 6) is -1.38. The van der Waals surface area contributed by atoms with Crippen molar-refractivity contribution < 1.29 is 27.1 Å². The molecular weight excluding hydrogens is 443 g/mol. The number of aromatic nitrogens is 6. The van der Waals surface area contributed by atoms with Crippen molar-refractivity contribution in [1.82, 2.24) is 34.7 Å². The number of imidazole rings is 1. The first-order valence-corrected chi connectivity index (χ1v) is 10.0. The van der Waals surface area contributed by atoms with E-state index < -0.39 is 24.2 Å². The van der Waals surface area contributed by atoms with Crippen LogP contribution in [0.4, 0.5) is 13.2 Å². The number of amides is 1. The van der Waals surface area contributed by atoms with Crippen LogP contribution in [0.25, 0.3) is 5.52 Å². The third-order valence-electron chi connectivity index (χ3n) is 5.28. The molecule has 0 aliphatic carbocycles. The minimum atomic E-state index is -3.01. The molecular formula is C20H18F3N7O3. The maximum Gasteiger partial charge on any atom is 0.387 e. The van der Waals surface area contributed by atoms with Gasteiger partial charge in [0, 0.05) is 24.9 Å². The summed E-state index contributed by atoms with van der Waals surface area (Å²) in [6, 6.07) is 3.69. The Kier molecular flexibility index (Phi) is 4.83. The third-order valence-corrected chi connectivity index (χ3v) is 5.28. The van der Waals surface area contributed by atoms with E-state index in [0.29, 0.717) is 23.3 Å². The normalized spacial score (nSPS) is 16.4. The lowest BCUT2D eigenvalue weighted by Gasteiger charge is -2.32. The van der Waals surface area contributed by atoms with E-state index in [2.05, 4.69) is 30.0 Å². The Morgan fingerprint density at radius 1 is 1.36 bits per heavy atom. The highest BCUT2D eigenvalue weighted by atomic mass is 19.3. The number of hydrogen-bond donors (Lipinski definition) is 1. The van der Waals surface area contributed by atoms with Gasteiger partial charge in [0.05, 0.1) is 17.7 Å². The number of hydrogen-bond acceptors (Lipinski definition) is 7. The van der Waals surface area contributed by atoms with Crippen molar-refractivity contribution >= 4 is 11.4 Å². The first-order chi connectivity index (χ1) is 15.7. The molecule has 0 fully saturated rings. The Balaban J connectivity index is 1.57. The molecule has 1 aliphatic rings. The van der Waals surface area contributed by atoms with Crippen molar-refractivity contribution in [3.8, 4) is 5.75 Å². The number of aromatic amines is 1. The van der Waals surface area contributed by atoms with E-state index in [1.165, 1.54) is 41.7 Å². The summed E-state index contributed by atoms with van der Waals surface area (Å²) in [5.41, 5.74) is 0.0980. The van der Waals surface area contributed by atoms with Crippen LogP contribution in [-0.2, 0) is 12.1 Å². The van der Waals surface area contributed by atoms with Gasteiger partial charge in [0.15, 0.2) is 11.4 Å². The number of rotatable bonds is 5. The molecule has 0 aromatic carbocycles. The standard InChI is InChI=1S/C20H18F3N7O3/c1-20(2,23)18-27-26-16(33-18)17(31)29-7-5-10-14(25-9-24-10)15(29)11-8-12-13(32-19(21)22)4-3-6-30(12)28-11/h3-4,6,8-9,15,19H,5,7H2,1-2H3,(H,24,25)/t15-/m0/s1. The van der Waals surface area contributed by atoms with Crippen LogP contribution in [0.2, 0.25) is 0 Å². The molecule has 0 saturated carbocycles. The van der Waals surface area contributed by atoms with Crippen LogP contribution in [0.3, 0.4) is 0 Å². The number of carbonyl (C=O) groups is 1. The molecule has 0 bridgehead atoms. The zero-order valence-electron chi connectivity index (χ0n) is 17.5. The molecule has 0 radical (unpaired) electrons. The minimum absolute atomic E-state index is 0.0612. The van der Waals surface area contributed by atoms with Crippen molar-refractivity contribution in [1.29, 1.82) is 0 Å². The number of nitrogens with zero attached hydrogens (tertiary/aromatic N) is 6. The summed E-state index contributed by atoms with van der Waals surface area (Å²) in [4.78, 5) is 22.1. The summed E-state index contributed by atoms with van der Waals surface area (Å²) in [6.07, 6.45) is 3.55. The van der Waals surface area contributed by atoms with Crippen molar-refractivity contribution in [3.05, 3.63) is 59.6 Å². The SMILES string of the molecule is CC(C)(F)c1nnc(C(=O)N2CCc3[nH]cnc3[C@@H]2c2cc3c(OC(F)F)cccn3n2)o1. The molecule has 1 N–H and O–H groups in total. The van der Waals surface area contributed by atoms with E-state index in [1.54, 1.807) is 12.3 Å². The van der Waals surface area contributed by atoms with Crippen molar-refractivity contribution in [3.63, 3.8) is 0 Å². The maximum absolute atomic E-state index is 14.2. The van der Waals surface area contributed by atoms with Crippen molar-refractivity contribution in [2.24, 2.45) is 0 Å². The molecule has 172 valence electrons. The van der Waals surface area contributed by atoms with Gasteiger partial charge in [-0.25, -0.2) is 13.9 Å². The first kappa shape index (κ1) is 21.0. The molecule has 33 heavy (non-hydrogen) atoms. The number of carbonyl (C=O) groups excluding carboxylic acids is 1. The first-order valence-electron chi connectivity index (χ1n) is 10.0. The Morgan fingerprint density at radius 2 is 2.18 bits per heavy atom. The van der Waals surface area contributed by atoms with Crippen LogP contribution in [0.15, 0.2) is 35.1 Å². The molecule has 1 amide bonds. The zero-order valence-corrected chi connectivity index (χ0v) is 17.5. The van der Waals surface area contributed by atoms with Gasteiger partial charge in [-0.1, -0.05) is 0 Å². The van der Waals surface area contributed by atoms with Gasteiger partial charge in [0.2, 0.25) is 0 Å². The average molecular weight is 461 g/mol. The summed E-state index contributed by atoms with van der Waals surface area (Å²) in [7, 11) is 0. The average Bonchev–Trinajstić information content (AvgIpc) is 3.50. The Bertz CT molecular complexity index is 1320. The highest BCUT2D eigenvalue weighted by Gasteiger charge is 2.39. The van der Waals surface area contributed by atoms with E-state index in [9.17, 15) is 18.0 Å². The van der Waals surface area contributed by atoms with E-state index in [-0.39, 0.29) is 24.1 Å². The fourth-order valence-electron chi connectivity index (χ4n) is 3.81. The van der Waals surface area contributed by atoms with Crippen LogP contribution >= 0.6 is 0 Å². The Hall–Kier alpha value is -3.90. The Morgan fingerprint density at radius 3 is 2.91 bits per heavy atom. The molecule has 4 aromatic rings. The number of ether oxygens (including phenoxy) is 1. The zero-order chi connectivity index (χ0) is 23.3. The number of alkyl halides is 3. The van der Waals surface area contributed by atoms with E-state index >= 15 is 0 Å². The maximum atomic E-state index is 14.2. The summed E-state index contributed by atoms with van der Waals surface area (Å²) in [6.45, 7) is -0.273. The summed E-state index contributed by atoms with van der Waals surface area (Å²) in [5, 5.41) is 11.8. The molecule has 13 heteroatoms. The lowest BCUT2D eigenvalue weighted by Crippen LogP contribution is -2.41. The van der Waals surface area contributed by atoms with E-state index in [4.69, 9.17) is 4.42 Å². The lowest BCUT2D eigenvalue weighted by molar-refractivity contribution is -0.0490. The van der Waals surface area contributed by atoms with Gasteiger partial charge >= 0.3 is 18.4 Å². The predicted octanol–water partition coefficient (Wildman–Crippen LogP) is 3.03. The van der Waals surface area contributed by atoms with Crippen LogP contribution in [0.5, 0.6) is 5.75 Å². The number of pyridine rings is 1. The molecule has 0 saturated heterocycles. The quantitative estimate of drug-likeness (QED) is 0.486. The van der Waals surface area contributed by atoms with Gasteiger partial charge in [0.25, 0.3) is 5.89 Å². The summed E-state index contributed by atoms with van der Waals surface area (Å²) >= 11 is 0. The van der Waals surface area contributed by atoms with Gasteiger partial charge in [-0.2, -0.15) is 13.9 Å². The number of nitrogens with one attached hydrogen (secondary N) is 1. The fourth-order valence-corrected chi connectivity index (χ4v) is 3.81. The van der Waals surface area contributed by atoms with Crippen LogP contribution in [0, 0.1) is 0 Å². The molecule has 5 heterocycles. The highest BCUT2D eigenvalue weighted by Crippen LogP contribution is 2.36. The molecule has 0 unspecified atom stereocenters. The van der Waals surface area contributed by atoms with Crippen LogP contribution in [0.1, 0.15) is 53.5 Å².